The van der Waals surface area contributed by atoms with Gasteiger partial charge in [0.05, 0.1) is 18.1 Å². The van der Waals surface area contributed by atoms with Crippen LogP contribution in [0.5, 0.6) is 5.75 Å². The summed E-state index contributed by atoms with van der Waals surface area (Å²) in [6.07, 6.45) is 0.593. The Kier molecular flexibility index (Phi) is 11.6. The second-order valence-electron chi connectivity index (χ2n) is 9.88. The van der Waals surface area contributed by atoms with E-state index in [0.29, 0.717) is 43.9 Å². The second kappa shape index (κ2) is 15.6. The average Bonchev–Trinajstić information content (AvgIpc) is 3.03. The van der Waals surface area contributed by atoms with Gasteiger partial charge in [-0.2, -0.15) is 4.31 Å². The molecule has 230 valence electrons. The molecule has 0 spiro atoms. The number of nitrogens with one attached hydrogen (secondary N) is 1. The van der Waals surface area contributed by atoms with E-state index in [0.717, 1.165) is 0 Å². The molecule has 0 saturated carbocycles. The lowest BCUT2D eigenvalue weighted by Gasteiger charge is -2.31. The summed E-state index contributed by atoms with van der Waals surface area (Å²) in [4.78, 5) is 28.8. The van der Waals surface area contributed by atoms with Crippen LogP contribution < -0.4 is 10.1 Å². The first kappa shape index (κ1) is 32.1. The van der Waals surface area contributed by atoms with Crippen molar-refractivity contribution in [3.63, 3.8) is 0 Å². The lowest BCUT2D eigenvalue weighted by Crippen LogP contribution is -2.45. The van der Waals surface area contributed by atoms with Gasteiger partial charge in [-0.25, -0.2) is 12.8 Å². The van der Waals surface area contributed by atoms with E-state index in [9.17, 15) is 22.4 Å². The Hall–Kier alpha value is -3.84. The SMILES string of the molecule is COCCCNC(=O)C(c1ccccc1)N(Cc1ccc(F)cc1)C(=O)COc1ccc(S(=O)(=O)N2CCOCC2)cc1. The number of nitrogens with zero attached hydrogens (tertiary/aromatic N) is 2. The van der Waals surface area contributed by atoms with Gasteiger partial charge in [-0.15, -0.1) is 0 Å². The van der Waals surface area contributed by atoms with Crippen molar-refractivity contribution in [2.24, 2.45) is 0 Å². The maximum atomic E-state index is 13.7. The van der Waals surface area contributed by atoms with Gasteiger partial charge in [-0.1, -0.05) is 42.5 Å². The summed E-state index contributed by atoms with van der Waals surface area (Å²) in [5.74, 6) is -0.999. The molecule has 3 aromatic rings. The molecule has 1 N–H and O–H groups in total. The number of carbonyl (C=O) groups excluding carboxylic acids is 2. The minimum absolute atomic E-state index is 0.0181. The van der Waals surface area contributed by atoms with Crippen LogP contribution in [0.3, 0.4) is 0 Å². The van der Waals surface area contributed by atoms with Gasteiger partial charge in [0.15, 0.2) is 6.61 Å². The number of carbonyl (C=O) groups is 2. The predicted octanol–water partition coefficient (Wildman–Crippen LogP) is 3.15. The van der Waals surface area contributed by atoms with Crippen LogP contribution in [0.2, 0.25) is 0 Å². The van der Waals surface area contributed by atoms with Gasteiger partial charge in [-0.3, -0.25) is 9.59 Å². The van der Waals surface area contributed by atoms with E-state index in [1.54, 1.807) is 43.5 Å². The van der Waals surface area contributed by atoms with Crippen molar-refractivity contribution in [1.29, 1.82) is 0 Å². The molecule has 0 bridgehead atoms. The summed E-state index contributed by atoms with van der Waals surface area (Å²) in [6, 6.07) is 19.5. The molecular weight excluding hydrogens is 577 g/mol. The fourth-order valence-electron chi connectivity index (χ4n) is 4.61. The molecule has 0 aliphatic carbocycles. The van der Waals surface area contributed by atoms with Crippen molar-refractivity contribution in [2.45, 2.75) is 23.9 Å². The number of methoxy groups -OCH3 is 1. The van der Waals surface area contributed by atoms with Crippen molar-refractivity contribution in [3.05, 3.63) is 95.8 Å². The van der Waals surface area contributed by atoms with E-state index >= 15 is 0 Å². The molecule has 1 aliphatic heterocycles. The normalized spacial score (nSPS) is 14.6. The van der Waals surface area contributed by atoms with Gasteiger partial charge in [0.1, 0.15) is 17.6 Å². The highest BCUT2D eigenvalue weighted by Gasteiger charge is 2.32. The molecule has 12 heteroatoms. The molecule has 1 aliphatic rings. The van der Waals surface area contributed by atoms with Gasteiger partial charge < -0.3 is 24.4 Å². The van der Waals surface area contributed by atoms with Gasteiger partial charge in [0, 0.05) is 39.9 Å². The topological polar surface area (TPSA) is 114 Å². The number of hydrogen-bond acceptors (Lipinski definition) is 7. The molecule has 3 aromatic carbocycles. The van der Waals surface area contributed by atoms with Crippen LogP contribution in [0.15, 0.2) is 83.8 Å². The van der Waals surface area contributed by atoms with E-state index in [-0.39, 0.29) is 36.2 Å². The number of rotatable bonds is 14. The third-order valence-corrected chi connectivity index (χ3v) is 8.79. The average molecular weight is 614 g/mol. The molecule has 1 atom stereocenters. The highest BCUT2D eigenvalue weighted by atomic mass is 32.2. The Labute approximate surface area is 251 Å². The van der Waals surface area contributed by atoms with Crippen LogP contribution in [0.1, 0.15) is 23.6 Å². The fraction of sp³-hybridized carbons (Fsp3) is 0.355. The monoisotopic (exact) mass is 613 g/mol. The lowest BCUT2D eigenvalue weighted by molar-refractivity contribution is -0.143. The van der Waals surface area contributed by atoms with E-state index in [4.69, 9.17) is 14.2 Å². The van der Waals surface area contributed by atoms with Gasteiger partial charge in [0.2, 0.25) is 15.9 Å². The zero-order valence-corrected chi connectivity index (χ0v) is 24.8. The lowest BCUT2D eigenvalue weighted by atomic mass is 10.0. The first-order valence-electron chi connectivity index (χ1n) is 14.0. The fourth-order valence-corrected chi connectivity index (χ4v) is 6.02. The Balaban J connectivity index is 1.54. The van der Waals surface area contributed by atoms with Crippen LogP contribution in [-0.4, -0.2) is 82.6 Å². The molecule has 1 saturated heterocycles. The summed E-state index contributed by atoms with van der Waals surface area (Å²) in [6.45, 7) is 1.65. The third kappa shape index (κ3) is 8.83. The zero-order chi connectivity index (χ0) is 30.7. The van der Waals surface area contributed by atoms with E-state index in [1.165, 1.54) is 45.6 Å². The van der Waals surface area contributed by atoms with E-state index in [2.05, 4.69) is 5.32 Å². The predicted molar refractivity (Wildman–Crippen MR) is 157 cm³/mol. The van der Waals surface area contributed by atoms with Crippen molar-refractivity contribution >= 4 is 21.8 Å². The van der Waals surface area contributed by atoms with Crippen molar-refractivity contribution in [1.82, 2.24) is 14.5 Å². The molecule has 0 aromatic heterocycles. The van der Waals surface area contributed by atoms with Crippen molar-refractivity contribution < 1.29 is 36.6 Å². The molecule has 1 heterocycles. The Bertz CT molecular complexity index is 1430. The van der Waals surface area contributed by atoms with Crippen molar-refractivity contribution in [3.8, 4) is 5.75 Å². The molecule has 0 radical (unpaired) electrons. The van der Waals surface area contributed by atoms with Crippen LogP contribution in [0.4, 0.5) is 4.39 Å². The molecule has 1 fully saturated rings. The smallest absolute Gasteiger partial charge is 0.261 e. The zero-order valence-electron chi connectivity index (χ0n) is 24.0. The number of ether oxygens (including phenoxy) is 3. The number of sulfonamides is 1. The van der Waals surface area contributed by atoms with Crippen LogP contribution in [0.25, 0.3) is 0 Å². The number of hydrogen-bond donors (Lipinski definition) is 1. The summed E-state index contributed by atoms with van der Waals surface area (Å²) in [5, 5.41) is 2.89. The highest BCUT2D eigenvalue weighted by Crippen LogP contribution is 2.25. The first-order chi connectivity index (χ1) is 20.8. The van der Waals surface area contributed by atoms with E-state index in [1.807, 2.05) is 6.07 Å². The molecular formula is C31H36FN3O7S. The summed E-state index contributed by atoms with van der Waals surface area (Å²) >= 11 is 0. The van der Waals surface area contributed by atoms with Gasteiger partial charge in [-0.05, 0) is 53.9 Å². The second-order valence-corrected chi connectivity index (χ2v) is 11.8. The van der Waals surface area contributed by atoms with Crippen LogP contribution >= 0.6 is 0 Å². The number of halogens is 1. The van der Waals surface area contributed by atoms with Gasteiger partial charge in [0.25, 0.3) is 5.91 Å². The third-order valence-electron chi connectivity index (χ3n) is 6.88. The quantitative estimate of drug-likeness (QED) is 0.278. The Morgan fingerprint density at radius 1 is 1.00 bits per heavy atom. The Morgan fingerprint density at radius 3 is 2.33 bits per heavy atom. The summed E-state index contributed by atoms with van der Waals surface area (Å²) in [5.41, 5.74) is 1.22. The maximum Gasteiger partial charge on any atom is 0.261 e. The minimum atomic E-state index is -3.68. The van der Waals surface area contributed by atoms with Crippen LogP contribution in [0, 0.1) is 5.82 Å². The Morgan fingerprint density at radius 2 is 1.67 bits per heavy atom. The number of morpholine rings is 1. The molecule has 2 amide bonds. The molecule has 10 nitrogen and oxygen atoms in total. The summed E-state index contributed by atoms with van der Waals surface area (Å²) < 4.78 is 57.0. The molecule has 43 heavy (non-hydrogen) atoms. The first-order valence-corrected chi connectivity index (χ1v) is 15.4. The highest BCUT2D eigenvalue weighted by molar-refractivity contribution is 7.89. The largest absolute Gasteiger partial charge is 0.484 e. The van der Waals surface area contributed by atoms with Crippen molar-refractivity contribution in [2.75, 3.05) is 53.2 Å². The molecule has 1 unspecified atom stereocenters. The minimum Gasteiger partial charge on any atom is -0.484 e. The number of amides is 2. The van der Waals surface area contributed by atoms with Crippen LogP contribution in [-0.2, 0) is 35.6 Å². The summed E-state index contributed by atoms with van der Waals surface area (Å²) in [7, 11) is -2.10. The standard InChI is InChI=1S/C31H36FN3O7S/c1-40-19-5-16-33-31(37)30(25-6-3-2-4-7-25)35(22-24-8-10-26(32)11-9-24)29(36)23-42-27-12-14-28(15-13-27)43(38,39)34-17-20-41-21-18-34/h2-4,6-15,30H,5,16-23H2,1H3,(H,33,37). The van der Waals surface area contributed by atoms with E-state index < -0.39 is 34.4 Å². The molecule has 4 rings (SSSR count). The number of benzene rings is 3. The van der Waals surface area contributed by atoms with Gasteiger partial charge >= 0.3 is 0 Å². The maximum absolute atomic E-state index is 13.7.